The van der Waals surface area contributed by atoms with E-state index in [2.05, 4.69) is 0 Å². The van der Waals surface area contributed by atoms with Gasteiger partial charge in [-0.3, -0.25) is 39.0 Å². The standard InChI is InChI=1S/C39H44Cl3F3N2O21/c1-16(48)58-14-24(61-19(4)51)27(62-20(5)52)29-26(47-35(55)39(43,44)45)23(60-18(3)50)13-37(67-29,36(56)57-7)68-30-28(63-21(6)53)25(15-59-17(2)49)64-33(66-34(46)38(40,41)42)31(30)65-32(54)22-11-9-8-10-12-22/h8-12,23-31,33,46H,13-15H2,1-7H3,(H,47,55)/t23-,24+,25+,26+,27+,28-,29+,30-,31+,33?,37-/m0/s1. The summed E-state index contributed by atoms with van der Waals surface area (Å²) in [5.74, 6) is -17.3. The number of carbonyl (C=O) groups excluding carboxylic acids is 9. The fraction of sp³-hybridized carbons (Fsp3) is 0.590. The first-order chi connectivity index (χ1) is 31.5. The predicted octanol–water partition coefficient (Wildman–Crippen LogP) is 2.24. The average molecular weight is 1040 g/mol. The summed E-state index contributed by atoms with van der Waals surface area (Å²) in [5.41, 5.74) is -0.198. The number of esters is 8. The first kappa shape index (κ1) is 56.8. The van der Waals surface area contributed by atoms with E-state index in [1.165, 1.54) is 30.3 Å². The summed E-state index contributed by atoms with van der Waals surface area (Å²) in [6.07, 6.45) is -27.3. The summed E-state index contributed by atoms with van der Waals surface area (Å²) in [6, 6.07) is 4.42. The molecule has 0 saturated carbocycles. The number of nitrogens with one attached hydrogen (secondary N) is 2. The summed E-state index contributed by atoms with van der Waals surface area (Å²) >= 11 is 17.7. The van der Waals surface area contributed by atoms with Crippen LogP contribution in [0.25, 0.3) is 0 Å². The Labute approximate surface area is 398 Å². The largest absolute Gasteiger partial charge is 0.471 e. The number of rotatable bonds is 17. The summed E-state index contributed by atoms with van der Waals surface area (Å²) < 4.78 is 106. The Morgan fingerprint density at radius 3 is 1.87 bits per heavy atom. The van der Waals surface area contributed by atoms with Gasteiger partial charge in [0.15, 0.2) is 24.4 Å². The van der Waals surface area contributed by atoms with Crippen LogP contribution in [0.5, 0.6) is 0 Å². The third-order valence-corrected chi connectivity index (χ3v) is 9.61. The van der Waals surface area contributed by atoms with Gasteiger partial charge in [-0.1, -0.05) is 53.0 Å². The van der Waals surface area contributed by atoms with Crippen LogP contribution in [0.4, 0.5) is 13.2 Å². The van der Waals surface area contributed by atoms with Crippen LogP contribution in [0.3, 0.4) is 0 Å². The SMILES string of the molecule is COC(=O)[C@@]1(O[C@H]2[C@@H](OC(C)=O)[C@@H](COC(C)=O)OC(OC(=N)C(Cl)(Cl)Cl)[C@@H]2OC(=O)c2ccccc2)C[C@H](OC(C)=O)[C@@H](NC(=O)C(F)(F)F)[C@H]([C@H](OC(C)=O)[C@@H](COC(C)=O)OC(C)=O)O1. The zero-order chi connectivity index (χ0) is 51.5. The highest BCUT2D eigenvalue weighted by Crippen LogP contribution is 2.42. The summed E-state index contributed by atoms with van der Waals surface area (Å²) in [7, 11) is 0.717. The lowest BCUT2D eigenvalue weighted by atomic mass is 9.87. The molecule has 2 aliphatic rings. The summed E-state index contributed by atoms with van der Waals surface area (Å²) in [5, 5.41) is 9.89. The Balaban J connectivity index is 2.53. The van der Waals surface area contributed by atoms with Crippen molar-refractivity contribution < 1.29 is 113 Å². The van der Waals surface area contributed by atoms with Crippen LogP contribution >= 0.6 is 34.8 Å². The predicted molar refractivity (Wildman–Crippen MR) is 216 cm³/mol. The molecule has 1 aromatic carbocycles. The number of alkyl halides is 6. The van der Waals surface area contributed by atoms with Gasteiger partial charge in [0.1, 0.15) is 37.6 Å². The smallest absolute Gasteiger partial charge is 0.465 e. The molecule has 0 spiro atoms. The van der Waals surface area contributed by atoms with Crippen molar-refractivity contribution in [3.8, 4) is 0 Å². The Morgan fingerprint density at radius 2 is 1.37 bits per heavy atom. The number of hydrogen-bond donors (Lipinski definition) is 2. The molecule has 11 atom stereocenters. The van der Waals surface area contributed by atoms with Gasteiger partial charge in [-0.15, -0.1) is 0 Å². The molecule has 2 N–H and O–H groups in total. The Kier molecular flexibility index (Phi) is 20.2. The number of amides is 1. The topological polar surface area (TPSA) is 300 Å². The van der Waals surface area contributed by atoms with E-state index in [0.29, 0.717) is 7.11 Å². The fourth-order valence-corrected chi connectivity index (χ4v) is 6.72. The number of ether oxygens (including phenoxy) is 12. The van der Waals surface area contributed by atoms with Crippen LogP contribution < -0.4 is 5.32 Å². The number of halogens is 6. The van der Waals surface area contributed by atoms with Crippen LogP contribution in [-0.4, -0.2) is 157 Å². The first-order valence-corrected chi connectivity index (χ1v) is 20.6. The lowest BCUT2D eigenvalue weighted by Crippen LogP contribution is -2.72. The maximum absolute atomic E-state index is 14.4. The van der Waals surface area contributed by atoms with Crippen molar-refractivity contribution in [2.75, 3.05) is 20.3 Å². The van der Waals surface area contributed by atoms with Crippen LogP contribution in [-0.2, 0) is 95.2 Å². The highest BCUT2D eigenvalue weighted by Gasteiger charge is 2.64. The van der Waals surface area contributed by atoms with E-state index in [9.17, 15) is 56.3 Å². The van der Waals surface area contributed by atoms with Crippen LogP contribution in [0, 0.1) is 5.41 Å². The van der Waals surface area contributed by atoms with Gasteiger partial charge in [-0.2, -0.15) is 13.2 Å². The zero-order valence-corrected chi connectivity index (χ0v) is 38.9. The van der Waals surface area contributed by atoms with Gasteiger partial charge >= 0.3 is 59.8 Å². The van der Waals surface area contributed by atoms with Crippen molar-refractivity contribution in [3.05, 3.63) is 35.9 Å². The maximum atomic E-state index is 14.4. The van der Waals surface area contributed by atoms with Crippen molar-refractivity contribution in [2.24, 2.45) is 0 Å². The molecule has 0 bridgehead atoms. The van der Waals surface area contributed by atoms with Crippen molar-refractivity contribution in [1.82, 2.24) is 5.32 Å². The van der Waals surface area contributed by atoms with Gasteiger partial charge in [0.05, 0.1) is 25.1 Å². The summed E-state index contributed by atoms with van der Waals surface area (Å²) in [4.78, 5) is 116. The minimum Gasteiger partial charge on any atom is -0.465 e. The van der Waals surface area contributed by atoms with E-state index in [-0.39, 0.29) is 5.56 Å². The van der Waals surface area contributed by atoms with Gasteiger partial charge in [0.2, 0.25) is 12.2 Å². The second-order valence-electron chi connectivity index (χ2n) is 14.4. The molecule has 1 amide bonds. The molecule has 2 aliphatic heterocycles. The number of hydrogen-bond acceptors (Lipinski definition) is 22. The third kappa shape index (κ3) is 16.0. The number of benzene rings is 1. The van der Waals surface area contributed by atoms with Crippen LogP contribution in [0.1, 0.15) is 58.3 Å². The second kappa shape index (κ2) is 24.1. The van der Waals surface area contributed by atoms with Crippen molar-refractivity contribution in [3.63, 3.8) is 0 Å². The third-order valence-electron chi connectivity index (χ3n) is 9.09. The van der Waals surface area contributed by atoms with Crippen molar-refractivity contribution in [1.29, 1.82) is 5.41 Å². The molecular formula is C39H44Cl3F3N2O21. The molecule has 2 saturated heterocycles. The van der Waals surface area contributed by atoms with E-state index >= 15 is 0 Å². The summed E-state index contributed by atoms with van der Waals surface area (Å²) in [6.45, 7) is 3.02. The second-order valence-corrected chi connectivity index (χ2v) is 16.7. The number of carbonyl (C=O) groups is 9. The molecule has 3 rings (SSSR count). The molecule has 0 radical (unpaired) electrons. The molecule has 2 fully saturated rings. The van der Waals surface area contributed by atoms with Crippen LogP contribution in [0.2, 0.25) is 0 Å². The molecule has 378 valence electrons. The molecule has 23 nitrogen and oxygen atoms in total. The minimum atomic E-state index is -5.70. The highest BCUT2D eigenvalue weighted by molar-refractivity contribution is 6.76. The Morgan fingerprint density at radius 1 is 0.779 bits per heavy atom. The van der Waals surface area contributed by atoms with Crippen molar-refractivity contribution >= 4 is 94.4 Å². The lowest BCUT2D eigenvalue weighted by molar-refractivity contribution is -0.365. The van der Waals surface area contributed by atoms with Gasteiger partial charge in [0.25, 0.3) is 9.58 Å². The molecule has 1 unspecified atom stereocenters. The average Bonchev–Trinajstić information content (AvgIpc) is 3.22. The highest BCUT2D eigenvalue weighted by atomic mass is 35.6. The molecular weight excluding hydrogens is 996 g/mol. The van der Waals surface area contributed by atoms with Crippen molar-refractivity contribution in [2.45, 2.75) is 125 Å². The van der Waals surface area contributed by atoms with Gasteiger partial charge in [-0.25, -0.2) is 9.59 Å². The molecule has 0 aromatic heterocycles. The van der Waals surface area contributed by atoms with Crippen LogP contribution in [0.15, 0.2) is 30.3 Å². The molecule has 2 heterocycles. The quantitative estimate of drug-likeness (QED) is 0.0743. The zero-order valence-electron chi connectivity index (χ0n) is 36.6. The maximum Gasteiger partial charge on any atom is 0.471 e. The van der Waals surface area contributed by atoms with E-state index < -0.39 is 156 Å². The Hall–Kier alpha value is -5.54. The van der Waals surface area contributed by atoms with Gasteiger partial charge < -0.3 is 62.2 Å². The number of methoxy groups -OCH3 is 1. The van der Waals surface area contributed by atoms with E-state index in [4.69, 9.17) is 97.1 Å². The van der Waals surface area contributed by atoms with E-state index in [0.717, 1.165) is 41.5 Å². The van der Waals surface area contributed by atoms with E-state index in [1.807, 2.05) is 0 Å². The minimum absolute atomic E-state index is 0.198. The lowest BCUT2D eigenvalue weighted by Gasteiger charge is -2.51. The molecule has 0 aliphatic carbocycles. The fourth-order valence-electron chi connectivity index (χ4n) is 6.59. The molecule has 68 heavy (non-hydrogen) atoms. The van der Waals surface area contributed by atoms with Gasteiger partial charge in [-0.05, 0) is 12.1 Å². The van der Waals surface area contributed by atoms with E-state index in [1.54, 1.807) is 5.32 Å². The first-order valence-electron chi connectivity index (χ1n) is 19.5. The molecule has 29 heteroatoms. The monoisotopic (exact) mass is 1040 g/mol. The van der Waals surface area contributed by atoms with Gasteiger partial charge in [0, 0.05) is 41.5 Å². The normalized spacial score (nSPS) is 25.7. The molecule has 1 aromatic rings. The Bertz CT molecular complexity index is 2060.